The zero-order valence-corrected chi connectivity index (χ0v) is 23.6. The van der Waals surface area contributed by atoms with Crippen LogP contribution in [0.2, 0.25) is 0 Å². The molecule has 37 heavy (non-hydrogen) atoms. The molecule has 1 saturated heterocycles. The van der Waals surface area contributed by atoms with E-state index in [0.29, 0.717) is 17.1 Å². The predicted octanol–water partition coefficient (Wildman–Crippen LogP) is 3.00. The Morgan fingerprint density at radius 1 is 1.32 bits per heavy atom. The second-order valence-corrected chi connectivity index (χ2v) is 13.9. The molecule has 2 aromatic heterocycles. The number of nitrogens with zero attached hydrogens (tertiary/aromatic N) is 4. The highest BCUT2D eigenvalue weighted by atomic mass is 35.6. The van der Waals surface area contributed by atoms with Gasteiger partial charge in [0.25, 0.3) is 12.6 Å². The number of aryl methyl sites for hydroxylation is 1. The number of carbonyl (C=O) groups is 3. The number of carboxylic acids is 2. The van der Waals surface area contributed by atoms with Gasteiger partial charge in [-0.05, 0) is 12.5 Å². The number of fused-ring (bicyclic) bond motifs is 1. The van der Waals surface area contributed by atoms with Crippen molar-refractivity contribution in [3.8, 4) is 0 Å². The molecule has 3 N–H and O–H groups in total. The Morgan fingerprint density at radius 3 is 2.70 bits per heavy atom. The number of aromatic nitrogens is 3. The molecule has 2 aliphatic rings. The minimum Gasteiger partial charge on any atom is -0.477 e. The second kappa shape index (κ2) is 11.5. The van der Waals surface area contributed by atoms with Crippen molar-refractivity contribution >= 4 is 93.2 Å². The molecule has 0 aliphatic carbocycles. The summed E-state index contributed by atoms with van der Waals surface area (Å²) in [5.41, 5.74) is 0.666. The van der Waals surface area contributed by atoms with Gasteiger partial charge in [-0.2, -0.15) is 4.57 Å². The van der Waals surface area contributed by atoms with Crippen molar-refractivity contribution in [2.75, 3.05) is 23.4 Å². The highest BCUT2D eigenvalue weighted by Crippen LogP contribution is 2.43. The molecule has 1 fully saturated rings. The van der Waals surface area contributed by atoms with Crippen molar-refractivity contribution in [3.63, 3.8) is 0 Å². The van der Waals surface area contributed by atoms with Crippen LogP contribution < -0.4 is 9.88 Å². The number of pyridine rings is 1. The Kier molecular flexibility index (Phi) is 8.78. The van der Waals surface area contributed by atoms with E-state index in [1.807, 2.05) is 6.92 Å². The third kappa shape index (κ3) is 6.61. The molecule has 2 atom stereocenters. The van der Waals surface area contributed by atoms with E-state index < -0.39 is 33.1 Å². The number of alkyl halides is 3. The quantitative estimate of drug-likeness (QED) is 0.155. The van der Waals surface area contributed by atoms with Crippen molar-refractivity contribution in [3.05, 3.63) is 40.3 Å². The molecule has 0 aromatic carbocycles. The number of anilines is 1. The molecule has 4 heterocycles. The lowest BCUT2D eigenvalue weighted by molar-refractivity contribution is -0.732. The SMILES string of the molecule is Cc1nnc(SCC2=C(C(=O)O)N3C(=O)[C@@H](Nc4cc[n+](COCC(Cl)(Cl)Cl)cc4C(=O)O)[C@H]3SC2)s1. The molecule has 1 amide bonds. The number of rotatable bonds is 10. The van der Waals surface area contributed by atoms with Gasteiger partial charge < -0.3 is 20.3 Å². The van der Waals surface area contributed by atoms with Gasteiger partial charge in [0.05, 0.1) is 5.69 Å². The molecule has 0 saturated carbocycles. The van der Waals surface area contributed by atoms with Gasteiger partial charge in [0.2, 0.25) is 3.79 Å². The summed E-state index contributed by atoms with van der Waals surface area (Å²) in [6, 6.07) is 0.694. The first-order valence-electron chi connectivity index (χ1n) is 10.4. The topological polar surface area (TPSA) is 146 Å². The third-order valence-electron chi connectivity index (χ3n) is 5.19. The summed E-state index contributed by atoms with van der Waals surface area (Å²) in [5.74, 6) is -2.11. The average Bonchev–Trinajstić information content (AvgIpc) is 3.24. The van der Waals surface area contributed by atoms with Crippen molar-refractivity contribution < 1.29 is 33.9 Å². The normalized spacial score (nSPS) is 19.5. The van der Waals surface area contributed by atoms with Gasteiger partial charge in [0.15, 0.2) is 16.7 Å². The van der Waals surface area contributed by atoms with E-state index in [1.165, 1.54) is 56.6 Å². The second-order valence-electron chi connectivity index (χ2n) is 7.85. The van der Waals surface area contributed by atoms with Crippen LogP contribution in [0.4, 0.5) is 5.69 Å². The summed E-state index contributed by atoms with van der Waals surface area (Å²) in [5, 5.41) is 30.8. The molecule has 198 valence electrons. The van der Waals surface area contributed by atoms with Crippen LogP contribution in [0.1, 0.15) is 15.4 Å². The maximum absolute atomic E-state index is 13.0. The molecular formula is C20H19Cl3N5O6S3+. The van der Waals surface area contributed by atoms with Crippen LogP contribution in [0.3, 0.4) is 0 Å². The van der Waals surface area contributed by atoms with Crippen LogP contribution in [0.5, 0.6) is 0 Å². The average molecular weight is 628 g/mol. The van der Waals surface area contributed by atoms with E-state index in [1.54, 1.807) is 6.20 Å². The van der Waals surface area contributed by atoms with E-state index in [2.05, 4.69) is 15.5 Å². The minimum atomic E-state index is -1.61. The van der Waals surface area contributed by atoms with Crippen LogP contribution in [-0.4, -0.2) is 76.5 Å². The Hall–Kier alpha value is -1.81. The summed E-state index contributed by atoms with van der Waals surface area (Å²) in [6.45, 7) is 1.57. The van der Waals surface area contributed by atoms with Gasteiger partial charge >= 0.3 is 11.9 Å². The zero-order chi connectivity index (χ0) is 26.9. The number of nitrogens with one attached hydrogen (secondary N) is 1. The fraction of sp³-hybridized carbons (Fsp3) is 0.400. The van der Waals surface area contributed by atoms with E-state index in [-0.39, 0.29) is 30.3 Å². The molecule has 0 radical (unpaired) electrons. The predicted molar refractivity (Wildman–Crippen MR) is 140 cm³/mol. The number of aromatic carboxylic acids is 1. The first-order chi connectivity index (χ1) is 17.4. The molecular weight excluding hydrogens is 609 g/mol. The Balaban J connectivity index is 1.47. The molecule has 11 nitrogen and oxygen atoms in total. The van der Waals surface area contributed by atoms with Gasteiger partial charge in [0.1, 0.15) is 34.3 Å². The van der Waals surface area contributed by atoms with Gasteiger partial charge in [-0.1, -0.05) is 57.9 Å². The van der Waals surface area contributed by atoms with E-state index in [4.69, 9.17) is 39.5 Å². The maximum atomic E-state index is 13.0. The number of amides is 1. The number of hydrogen-bond acceptors (Lipinski definition) is 10. The summed E-state index contributed by atoms with van der Waals surface area (Å²) < 4.78 is 5.83. The molecule has 2 aliphatic heterocycles. The standard InChI is InChI=1S/C20H18Cl3N5O6S3/c1-9-25-26-19(37-9)36-6-10-5-35-16-13(15(29)28(16)14(10)18(32)33)24-12-2-3-27(4-11(12)17(30)31)8-34-7-20(21,22)23/h2-4,13,16H,5-8H2,1H3,(H2,30,31,32,33)/p+1/t13-,16-/m1/s1. The molecule has 0 spiro atoms. The van der Waals surface area contributed by atoms with E-state index in [9.17, 15) is 24.6 Å². The van der Waals surface area contributed by atoms with Crippen molar-refractivity contribution in [2.45, 2.75) is 33.2 Å². The number of ether oxygens (including phenoxy) is 1. The van der Waals surface area contributed by atoms with Gasteiger partial charge in [-0.25, -0.2) is 9.59 Å². The van der Waals surface area contributed by atoms with E-state index >= 15 is 0 Å². The number of halogens is 3. The summed E-state index contributed by atoms with van der Waals surface area (Å²) >= 11 is 21.1. The first kappa shape index (κ1) is 28.2. The van der Waals surface area contributed by atoms with Gasteiger partial charge in [-0.3, -0.25) is 9.69 Å². The fourth-order valence-electron chi connectivity index (χ4n) is 3.63. The summed E-state index contributed by atoms with van der Waals surface area (Å²) in [4.78, 5) is 38.2. The molecule has 0 unspecified atom stereocenters. The monoisotopic (exact) mass is 626 g/mol. The minimum absolute atomic E-state index is 0.0454. The van der Waals surface area contributed by atoms with Crippen molar-refractivity contribution in [2.24, 2.45) is 0 Å². The van der Waals surface area contributed by atoms with Crippen LogP contribution in [0, 0.1) is 6.92 Å². The highest BCUT2D eigenvalue weighted by Gasteiger charge is 2.53. The number of β-lactam (4-membered cyclic amide) rings is 1. The summed E-state index contributed by atoms with van der Waals surface area (Å²) in [7, 11) is 0. The van der Waals surface area contributed by atoms with Crippen LogP contribution >= 0.6 is 69.7 Å². The van der Waals surface area contributed by atoms with Crippen LogP contribution in [0.15, 0.2) is 34.1 Å². The Labute approximate surface area is 238 Å². The van der Waals surface area contributed by atoms with Crippen LogP contribution in [-0.2, 0) is 21.1 Å². The van der Waals surface area contributed by atoms with Crippen molar-refractivity contribution in [1.29, 1.82) is 0 Å². The Bertz CT molecular complexity index is 1270. The lowest BCUT2D eigenvalue weighted by Crippen LogP contribution is -2.67. The fourth-order valence-corrected chi connectivity index (χ4v) is 7.16. The largest absolute Gasteiger partial charge is 0.477 e. The molecule has 0 bridgehead atoms. The highest BCUT2D eigenvalue weighted by molar-refractivity contribution is 8.01. The molecule has 4 rings (SSSR count). The number of aliphatic carboxylic acids is 1. The number of hydrogen-bond donors (Lipinski definition) is 3. The molecule has 2 aromatic rings. The van der Waals surface area contributed by atoms with Gasteiger partial charge in [0, 0.05) is 17.6 Å². The smallest absolute Gasteiger partial charge is 0.352 e. The number of carboxylic acid groups (broad SMARTS) is 2. The third-order valence-corrected chi connectivity index (χ3v) is 8.92. The van der Waals surface area contributed by atoms with Gasteiger partial charge in [-0.15, -0.1) is 22.0 Å². The number of carbonyl (C=O) groups excluding carboxylic acids is 1. The van der Waals surface area contributed by atoms with E-state index in [0.717, 1.165) is 9.35 Å². The summed E-state index contributed by atoms with van der Waals surface area (Å²) in [6.07, 6.45) is 2.88. The van der Waals surface area contributed by atoms with Crippen molar-refractivity contribution in [1.82, 2.24) is 15.1 Å². The first-order valence-corrected chi connectivity index (χ1v) is 14.4. The Morgan fingerprint density at radius 2 is 2.08 bits per heavy atom. The number of thioether (sulfide) groups is 2. The zero-order valence-electron chi connectivity index (χ0n) is 18.9. The van der Waals surface area contributed by atoms with Crippen LogP contribution in [0.25, 0.3) is 0 Å². The molecule has 17 heteroatoms. The maximum Gasteiger partial charge on any atom is 0.352 e. The lowest BCUT2D eigenvalue weighted by atomic mass is 10.0. The lowest BCUT2D eigenvalue weighted by Gasteiger charge is -2.49.